The zero-order valence-electron chi connectivity index (χ0n) is 12.4. The Kier molecular flexibility index (Phi) is 3.94. The quantitative estimate of drug-likeness (QED) is 0.890. The van der Waals surface area contributed by atoms with Gasteiger partial charge in [0, 0.05) is 43.0 Å². The van der Waals surface area contributed by atoms with Crippen LogP contribution in [0, 0.1) is 5.82 Å². The van der Waals surface area contributed by atoms with Crippen LogP contribution in [0.2, 0.25) is 0 Å². The molecule has 1 atom stereocenters. The van der Waals surface area contributed by atoms with Crippen molar-refractivity contribution in [3.63, 3.8) is 0 Å². The van der Waals surface area contributed by atoms with Gasteiger partial charge in [0.05, 0.1) is 0 Å². The van der Waals surface area contributed by atoms with Gasteiger partial charge in [0.1, 0.15) is 5.82 Å². The van der Waals surface area contributed by atoms with Crippen LogP contribution in [0.1, 0.15) is 24.8 Å². The Morgan fingerprint density at radius 1 is 1.30 bits per heavy atom. The van der Waals surface area contributed by atoms with Crippen molar-refractivity contribution in [2.24, 2.45) is 0 Å². The van der Waals surface area contributed by atoms with Gasteiger partial charge in [-0.15, -0.1) is 0 Å². The maximum absolute atomic E-state index is 14.2. The average Bonchev–Trinajstić information content (AvgIpc) is 3.11. The molecule has 1 aromatic rings. The van der Waals surface area contributed by atoms with Gasteiger partial charge in [-0.1, -0.05) is 6.07 Å². The van der Waals surface area contributed by atoms with Gasteiger partial charge in [-0.05, 0) is 45.5 Å². The predicted molar refractivity (Wildman–Crippen MR) is 80.6 cm³/mol. The summed E-state index contributed by atoms with van der Waals surface area (Å²) in [7, 11) is 4.24. The lowest BCUT2D eigenvalue weighted by atomic mass is 10.1. The number of nitrogens with one attached hydrogen (secondary N) is 1. The molecule has 4 heteroatoms. The second-order valence-corrected chi connectivity index (χ2v) is 6.24. The van der Waals surface area contributed by atoms with E-state index in [0.717, 1.165) is 30.8 Å². The van der Waals surface area contributed by atoms with Crippen molar-refractivity contribution in [1.29, 1.82) is 0 Å². The second-order valence-electron chi connectivity index (χ2n) is 6.24. The summed E-state index contributed by atoms with van der Waals surface area (Å²) in [5.74, 6) is -0.0797. The number of rotatable bonds is 5. The van der Waals surface area contributed by atoms with Gasteiger partial charge < -0.3 is 15.1 Å². The summed E-state index contributed by atoms with van der Waals surface area (Å²) in [5, 5.41) is 3.43. The van der Waals surface area contributed by atoms with E-state index in [-0.39, 0.29) is 5.82 Å². The summed E-state index contributed by atoms with van der Waals surface area (Å²) in [6, 6.07) is 6.64. The largest absolute Gasteiger partial charge is 0.370 e. The van der Waals surface area contributed by atoms with Crippen molar-refractivity contribution >= 4 is 5.69 Å². The lowest BCUT2D eigenvalue weighted by molar-refractivity contribution is 0.315. The van der Waals surface area contributed by atoms with Gasteiger partial charge in [-0.3, -0.25) is 0 Å². The van der Waals surface area contributed by atoms with Crippen LogP contribution in [0.4, 0.5) is 10.1 Å². The number of hydrogen-bond acceptors (Lipinski definition) is 3. The van der Waals surface area contributed by atoms with Crippen molar-refractivity contribution < 1.29 is 4.39 Å². The van der Waals surface area contributed by atoms with E-state index in [1.165, 1.54) is 12.8 Å². The number of likely N-dealkylation sites (N-methyl/N-ethyl adjacent to an activating group) is 1. The van der Waals surface area contributed by atoms with Crippen LogP contribution in [0.3, 0.4) is 0 Å². The van der Waals surface area contributed by atoms with Crippen LogP contribution < -0.4 is 10.2 Å². The molecule has 0 aromatic heterocycles. The van der Waals surface area contributed by atoms with Gasteiger partial charge >= 0.3 is 0 Å². The number of hydrogen-bond donors (Lipinski definition) is 1. The molecule has 3 nitrogen and oxygen atoms in total. The average molecular weight is 277 g/mol. The number of benzene rings is 1. The predicted octanol–water partition coefficient (Wildman–Crippen LogP) is 2.22. The summed E-state index contributed by atoms with van der Waals surface area (Å²) in [6.07, 6.45) is 3.62. The Morgan fingerprint density at radius 3 is 2.75 bits per heavy atom. The van der Waals surface area contributed by atoms with Crippen LogP contribution >= 0.6 is 0 Å². The van der Waals surface area contributed by atoms with E-state index in [2.05, 4.69) is 35.3 Å². The lowest BCUT2D eigenvalue weighted by Gasteiger charge is -2.24. The fourth-order valence-corrected chi connectivity index (χ4v) is 2.93. The third-order valence-corrected chi connectivity index (χ3v) is 4.47. The normalized spacial score (nSPS) is 22.8. The molecular formula is C16H24FN3. The SMILES string of the molecule is CN(C)C1CCN(c2cccc(F)c2CNC2CC2)C1. The first-order valence-electron chi connectivity index (χ1n) is 7.57. The third-order valence-electron chi connectivity index (χ3n) is 4.47. The molecule has 1 saturated carbocycles. The molecule has 1 aromatic carbocycles. The molecule has 2 aliphatic rings. The maximum Gasteiger partial charge on any atom is 0.129 e. The zero-order chi connectivity index (χ0) is 14.1. The Bertz CT molecular complexity index is 471. The molecule has 110 valence electrons. The molecule has 1 unspecified atom stereocenters. The van der Waals surface area contributed by atoms with E-state index in [9.17, 15) is 4.39 Å². The molecule has 2 fully saturated rings. The molecule has 1 aliphatic heterocycles. The fraction of sp³-hybridized carbons (Fsp3) is 0.625. The third kappa shape index (κ3) is 2.96. The van der Waals surface area contributed by atoms with Crippen LogP contribution in [0.5, 0.6) is 0 Å². The molecule has 0 radical (unpaired) electrons. The lowest BCUT2D eigenvalue weighted by Crippen LogP contribution is -2.32. The van der Waals surface area contributed by atoms with Gasteiger partial charge in [-0.25, -0.2) is 4.39 Å². The van der Waals surface area contributed by atoms with E-state index < -0.39 is 0 Å². The van der Waals surface area contributed by atoms with Crippen molar-refractivity contribution in [3.05, 3.63) is 29.6 Å². The molecule has 1 saturated heterocycles. The van der Waals surface area contributed by atoms with Gasteiger partial charge in [0.25, 0.3) is 0 Å². The van der Waals surface area contributed by atoms with Crippen LogP contribution in [-0.4, -0.2) is 44.2 Å². The monoisotopic (exact) mass is 277 g/mol. The highest BCUT2D eigenvalue weighted by Crippen LogP contribution is 2.29. The van der Waals surface area contributed by atoms with Crippen molar-refractivity contribution in [2.45, 2.75) is 37.9 Å². The summed E-state index contributed by atoms with van der Waals surface area (Å²) in [5.41, 5.74) is 1.90. The van der Waals surface area contributed by atoms with Crippen molar-refractivity contribution in [1.82, 2.24) is 10.2 Å². The Labute approximate surface area is 120 Å². The van der Waals surface area contributed by atoms with E-state index in [1.54, 1.807) is 6.07 Å². The first kappa shape index (κ1) is 13.8. The van der Waals surface area contributed by atoms with E-state index in [0.29, 0.717) is 18.6 Å². The molecule has 0 amide bonds. The minimum absolute atomic E-state index is 0.0797. The Balaban J connectivity index is 1.76. The highest BCUT2D eigenvalue weighted by Gasteiger charge is 2.27. The molecule has 0 spiro atoms. The highest BCUT2D eigenvalue weighted by atomic mass is 19.1. The highest BCUT2D eigenvalue weighted by molar-refractivity contribution is 5.55. The van der Waals surface area contributed by atoms with E-state index >= 15 is 0 Å². The van der Waals surface area contributed by atoms with Crippen LogP contribution in [0.25, 0.3) is 0 Å². The summed E-state index contributed by atoms with van der Waals surface area (Å²) < 4.78 is 14.2. The molecule has 0 bridgehead atoms. The maximum atomic E-state index is 14.2. The van der Waals surface area contributed by atoms with Gasteiger partial charge in [0.2, 0.25) is 0 Å². The topological polar surface area (TPSA) is 18.5 Å². The standard InChI is InChI=1S/C16H24FN3/c1-19(2)13-8-9-20(11-13)16-5-3-4-15(17)14(16)10-18-12-6-7-12/h3-5,12-13,18H,6-11H2,1-2H3. The number of halogens is 1. The molecule has 1 N–H and O–H groups in total. The van der Waals surface area contributed by atoms with Crippen molar-refractivity contribution in [2.75, 3.05) is 32.1 Å². The van der Waals surface area contributed by atoms with Gasteiger partial charge in [0.15, 0.2) is 0 Å². The first-order chi connectivity index (χ1) is 9.65. The minimum Gasteiger partial charge on any atom is -0.370 e. The molecule has 3 rings (SSSR count). The minimum atomic E-state index is -0.0797. The number of nitrogens with zero attached hydrogens (tertiary/aromatic N) is 2. The summed E-state index contributed by atoms with van der Waals surface area (Å²) in [4.78, 5) is 4.60. The number of anilines is 1. The summed E-state index contributed by atoms with van der Waals surface area (Å²) >= 11 is 0. The first-order valence-corrected chi connectivity index (χ1v) is 7.57. The molecule has 1 heterocycles. The van der Waals surface area contributed by atoms with E-state index in [4.69, 9.17) is 0 Å². The van der Waals surface area contributed by atoms with E-state index in [1.807, 2.05) is 6.07 Å². The second kappa shape index (κ2) is 5.70. The fourth-order valence-electron chi connectivity index (χ4n) is 2.93. The van der Waals surface area contributed by atoms with Crippen LogP contribution in [-0.2, 0) is 6.54 Å². The van der Waals surface area contributed by atoms with Crippen molar-refractivity contribution in [3.8, 4) is 0 Å². The van der Waals surface area contributed by atoms with Crippen LogP contribution in [0.15, 0.2) is 18.2 Å². The Hall–Kier alpha value is -1.13. The molecule has 1 aliphatic carbocycles. The Morgan fingerprint density at radius 2 is 2.10 bits per heavy atom. The summed E-state index contributed by atoms with van der Waals surface area (Å²) in [6.45, 7) is 2.66. The smallest absolute Gasteiger partial charge is 0.129 e. The van der Waals surface area contributed by atoms with Gasteiger partial charge in [-0.2, -0.15) is 0 Å². The molecule has 20 heavy (non-hydrogen) atoms. The molecular weight excluding hydrogens is 253 g/mol. The zero-order valence-corrected chi connectivity index (χ0v) is 12.4.